The largest absolute Gasteiger partial charge is 0.356 e. The van der Waals surface area contributed by atoms with Gasteiger partial charge in [-0.15, -0.1) is 0 Å². The average Bonchev–Trinajstić information content (AvgIpc) is 2.78. The molecule has 2 atom stereocenters. The van der Waals surface area contributed by atoms with Crippen LogP contribution in [0, 0.1) is 5.92 Å². The molecule has 1 aromatic heterocycles. The molecule has 0 unspecified atom stereocenters. The Morgan fingerprint density at radius 3 is 2.66 bits per heavy atom. The van der Waals surface area contributed by atoms with Crippen LogP contribution in [0.2, 0.25) is 0 Å². The summed E-state index contributed by atoms with van der Waals surface area (Å²) in [6.07, 6.45) is 8.76. The minimum absolute atomic E-state index is 0.00726. The Labute approximate surface area is 172 Å². The van der Waals surface area contributed by atoms with E-state index in [1.54, 1.807) is 22.6 Å². The second-order valence-electron chi connectivity index (χ2n) is 8.11. The number of nitrogens with one attached hydrogen (secondary N) is 1. The number of para-hydroxylation sites is 1. The zero-order valence-corrected chi connectivity index (χ0v) is 17.5. The minimum Gasteiger partial charge on any atom is -0.356 e. The van der Waals surface area contributed by atoms with Gasteiger partial charge < -0.3 is 5.32 Å². The summed E-state index contributed by atoms with van der Waals surface area (Å²) in [5.74, 6) is -0.271. The molecule has 1 amide bonds. The second-order valence-corrected chi connectivity index (χ2v) is 9.97. The topological polar surface area (TPSA) is 79.4 Å². The molecule has 7 heteroatoms. The van der Waals surface area contributed by atoms with E-state index in [-0.39, 0.29) is 22.8 Å². The number of carbonyl (C=O) groups is 1. The van der Waals surface area contributed by atoms with Gasteiger partial charge in [0.15, 0.2) is 0 Å². The molecule has 1 aromatic carbocycles. The molecule has 1 saturated heterocycles. The van der Waals surface area contributed by atoms with E-state index in [4.69, 9.17) is 0 Å². The fourth-order valence-electron chi connectivity index (χ4n) is 4.73. The quantitative estimate of drug-likeness (QED) is 0.814. The number of rotatable bonds is 2. The summed E-state index contributed by atoms with van der Waals surface area (Å²) in [6.45, 7) is 1.14. The number of amides is 1. The molecule has 2 aromatic rings. The van der Waals surface area contributed by atoms with Crippen molar-refractivity contribution in [1.82, 2.24) is 14.6 Å². The first-order valence-electron chi connectivity index (χ1n) is 10.7. The summed E-state index contributed by atoms with van der Waals surface area (Å²) >= 11 is 0. The highest BCUT2D eigenvalue weighted by molar-refractivity contribution is 7.89. The van der Waals surface area contributed by atoms with Gasteiger partial charge in [-0.3, -0.25) is 9.78 Å². The number of benzene rings is 1. The van der Waals surface area contributed by atoms with Crippen LogP contribution in [-0.4, -0.2) is 42.7 Å². The van der Waals surface area contributed by atoms with Gasteiger partial charge in [0.2, 0.25) is 15.9 Å². The van der Waals surface area contributed by atoms with Crippen molar-refractivity contribution in [3.8, 4) is 0 Å². The number of sulfonamides is 1. The Bertz CT molecular complexity index is 971. The molecule has 2 heterocycles. The van der Waals surface area contributed by atoms with E-state index in [1.165, 1.54) is 0 Å². The summed E-state index contributed by atoms with van der Waals surface area (Å²) < 4.78 is 29.4. The Kier molecular flexibility index (Phi) is 6.15. The summed E-state index contributed by atoms with van der Waals surface area (Å²) in [6, 6.07) is 8.71. The molecule has 4 rings (SSSR count). The predicted molar refractivity (Wildman–Crippen MR) is 113 cm³/mol. The van der Waals surface area contributed by atoms with E-state index >= 15 is 0 Å². The molecule has 0 spiro atoms. The lowest BCUT2D eigenvalue weighted by Gasteiger charge is -2.38. The first-order valence-corrected chi connectivity index (χ1v) is 12.2. The fraction of sp³-hybridized carbons (Fsp3) is 0.545. The molecule has 6 nitrogen and oxygen atoms in total. The lowest BCUT2D eigenvalue weighted by Crippen LogP contribution is -2.51. The van der Waals surface area contributed by atoms with E-state index in [2.05, 4.69) is 10.3 Å². The van der Waals surface area contributed by atoms with Gasteiger partial charge >= 0.3 is 0 Å². The van der Waals surface area contributed by atoms with Gasteiger partial charge in [-0.1, -0.05) is 43.9 Å². The molecule has 0 bridgehead atoms. The Morgan fingerprint density at radius 1 is 0.966 bits per heavy atom. The van der Waals surface area contributed by atoms with Crippen LogP contribution in [0.15, 0.2) is 41.4 Å². The van der Waals surface area contributed by atoms with E-state index < -0.39 is 10.0 Å². The fourth-order valence-corrected chi connectivity index (χ4v) is 6.62. The lowest BCUT2D eigenvalue weighted by molar-refractivity contribution is -0.127. The normalized spacial score (nSPS) is 25.0. The van der Waals surface area contributed by atoms with E-state index in [0.717, 1.165) is 56.8 Å². The number of fused-ring (bicyclic) bond motifs is 2. The molecular weight excluding hydrogens is 386 g/mol. The molecule has 1 saturated carbocycles. The zero-order valence-electron chi connectivity index (χ0n) is 16.7. The van der Waals surface area contributed by atoms with Crippen LogP contribution < -0.4 is 5.32 Å². The van der Waals surface area contributed by atoms with Gasteiger partial charge in [-0.2, -0.15) is 4.31 Å². The highest BCUT2D eigenvalue weighted by Gasteiger charge is 2.41. The van der Waals surface area contributed by atoms with Crippen molar-refractivity contribution in [1.29, 1.82) is 0 Å². The molecule has 2 aliphatic rings. The van der Waals surface area contributed by atoms with Crippen LogP contribution in [0.3, 0.4) is 0 Å². The number of carbonyl (C=O) groups excluding carboxylic acids is 1. The first-order chi connectivity index (χ1) is 14.1. The average molecular weight is 416 g/mol. The summed E-state index contributed by atoms with van der Waals surface area (Å²) in [5, 5.41) is 3.86. The number of hydrogen-bond acceptors (Lipinski definition) is 4. The zero-order chi connectivity index (χ0) is 20.3. The lowest BCUT2D eigenvalue weighted by atomic mass is 9.83. The first kappa shape index (κ1) is 20.3. The maximum Gasteiger partial charge on any atom is 0.245 e. The molecule has 1 aliphatic heterocycles. The smallest absolute Gasteiger partial charge is 0.245 e. The van der Waals surface area contributed by atoms with Gasteiger partial charge in [0.1, 0.15) is 4.90 Å². The number of nitrogens with zero attached hydrogens (tertiary/aromatic N) is 2. The van der Waals surface area contributed by atoms with Crippen LogP contribution in [0.1, 0.15) is 51.4 Å². The van der Waals surface area contributed by atoms with Crippen molar-refractivity contribution in [3.05, 3.63) is 36.5 Å². The van der Waals surface area contributed by atoms with E-state index in [0.29, 0.717) is 18.6 Å². The molecule has 0 radical (unpaired) electrons. The Hall–Kier alpha value is -1.99. The third kappa shape index (κ3) is 4.16. The second kappa shape index (κ2) is 8.79. The SMILES string of the molecule is O=C1NCCCCCCN(S(=O)(=O)c2cccc3cccnc23)[C@H]2CCCC[C@@H]12. The highest BCUT2D eigenvalue weighted by atomic mass is 32.2. The van der Waals surface area contributed by atoms with Crippen molar-refractivity contribution in [2.75, 3.05) is 13.1 Å². The molecule has 1 aliphatic carbocycles. The number of hydrogen-bond donors (Lipinski definition) is 1. The van der Waals surface area contributed by atoms with Gasteiger partial charge in [-0.25, -0.2) is 8.42 Å². The summed E-state index contributed by atoms with van der Waals surface area (Å²) in [5.41, 5.74) is 0.501. The van der Waals surface area contributed by atoms with Crippen molar-refractivity contribution >= 4 is 26.8 Å². The Balaban J connectivity index is 1.78. The monoisotopic (exact) mass is 415 g/mol. The maximum absolute atomic E-state index is 13.9. The van der Waals surface area contributed by atoms with Crippen molar-refractivity contribution in [2.45, 2.75) is 62.3 Å². The standard InChI is InChI=1S/C22H29N3O3S/c26-22-18-11-3-4-12-19(18)25(16-6-2-1-5-14-24-22)29(27,28)20-13-7-9-17-10-8-15-23-21(17)20/h7-10,13,15,18-19H,1-6,11-12,14,16H2,(H,24,26)/t18-,19+/m1/s1. The van der Waals surface area contributed by atoms with Crippen molar-refractivity contribution < 1.29 is 13.2 Å². The van der Waals surface area contributed by atoms with Crippen molar-refractivity contribution in [2.24, 2.45) is 5.92 Å². The third-order valence-electron chi connectivity index (χ3n) is 6.22. The van der Waals surface area contributed by atoms with Crippen LogP contribution >= 0.6 is 0 Å². The van der Waals surface area contributed by atoms with Crippen LogP contribution in [0.25, 0.3) is 10.9 Å². The summed E-state index contributed by atoms with van der Waals surface area (Å²) in [4.78, 5) is 17.5. The molecular formula is C22H29N3O3S. The van der Waals surface area contributed by atoms with Gasteiger partial charge in [0, 0.05) is 30.7 Å². The molecule has 2 fully saturated rings. The van der Waals surface area contributed by atoms with Crippen LogP contribution in [0.4, 0.5) is 0 Å². The highest BCUT2D eigenvalue weighted by Crippen LogP contribution is 2.34. The number of aromatic nitrogens is 1. The molecule has 1 N–H and O–H groups in total. The van der Waals surface area contributed by atoms with Gasteiger partial charge in [-0.05, 0) is 37.8 Å². The minimum atomic E-state index is -3.77. The predicted octanol–water partition coefficient (Wildman–Crippen LogP) is 3.47. The summed E-state index contributed by atoms with van der Waals surface area (Å²) in [7, 11) is -3.77. The third-order valence-corrected chi connectivity index (χ3v) is 8.18. The maximum atomic E-state index is 13.9. The Morgan fingerprint density at radius 2 is 1.76 bits per heavy atom. The molecule has 156 valence electrons. The van der Waals surface area contributed by atoms with Crippen LogP contribution in [-0.2, 0) is 14.8 Å². The van der Waals surface area contributed by atoms with E-state index in [9.17, 15) is 13.2 Å². The van der Waals surface area contributed by atoms with Gasteiger partial charge in [0.25, 0.3) is 0 Å². The molecule has 29 heavy (non-hydrogen) atoms. The number of pyridine rings is 1. The van der Waals surface area contributed by atoms with E-state index in [1.807, 2.05) is 18.2 Å². The van der Waals surface area contributed by atoms with Crippen molar-refractivity contribution in [3.63, 3.8) is 0 Å². The van der Waals surface area contributed by atoms with Gasteiger partial charge in [0.05, 0.1) is 11.4 Å². The van der Waals surface area contributed by atoms with Crippen LogP contribution in [0.5, 0.6) is 0 Å².